The molecule has 68 valence electrons. The van der Waals surface area contributed by atoms with E-state index in [0.29, 0.717) is 0 Å². The van der Waals surface area contributed by atoms with Crippen LogP contribution in [0.15, 0.2) is 0 Å². The molecule has 1 fully saturated rings. The number of nitriles is 4. The summed E-state index contributed by atoms with van der Waals surface area (Å²) in [6.45, 7) is 0.427. The molecule has 0 unspecified atom stereocenters. The molecule has 1 N–H and O–H groups in total. The summed E-state index contributed by atoms with van der Waals surface area (Å²) in [5.74, 6) is 0. The molecule has 0 aromatic heterocycles. The van der Waals surface area contributed by atoms with Crippen LogP contribution in [0.5, 0.6) is 0 Å². The molecule has 5 heteroatoms. The third kappa shape index (κ3) is 1.38. The summed E-state index contributed by atoms with van der Waals surface area (Å²) < 4.78 is 0. The largest absolute Gasteiger partial charge is 0.311 e. The molecule has 0 saturated carbocycles. The summed E-state index contributed by atoms with van der Waals surface area (Å²) in [6, 6.07) is 7.46. The van der Waals surface area contributed by atoms with Gasteiger partial charge in [0.05, 0.1) is 24.3 Å². The molecule has 5 nitrogen and oxygen atoms in total. The first-order chi connectivity index (χ1) is 6.66. The minimum atomic E-state index is -1.25. The molecule has 0 spiro atoms. The van der Waals surface area contributed by atoms with Crippen LogP contribution in [0, 0.1) is 56.2 Å². The molecule has 1 aliphatic heterocycles. The van der Waals surface area contributed by atoms with Crippen LogP contribution in [-0.4, -0.2) is 13.1 Å². The fourth-order valence-electron chi connectivity index (χ4n) is 1.50. The molecule has 0 amide bonds. The first-order valence-electron chi connectivity index (χ1n) is 4.02. The zero-order chi connectivity index (χ0) is 10.7. The summed E-state index contributed by atoms with van der Waals surface area (Å²) in [6.07, 6.45) is -0.00694. The molecule has 1 rings (SSSR count). The van der Waals surface area contributed by atoms with Gasteiger partial charge in [-0.3, -0.25) is 0 Å². The monoisotopic (exact) mass is 185 g/mol. The highest BCUT2D eigenvalue weighted by atomic mass is 14.9. The Bertz CT molecular complexity index is 331. The molecule has 0 aromatic rings. The van der Waals surface area contributed by atoms with Crippen LogP contribution in [0.1, 0.15) is 6.42 Å². The van der Waals surface area contributed by atoms with Gasteiger partial charge in [0.15, 0.2) is 10.8 Å². The summed E-state index contributed by atoms with van der Waals surface area (Å²) in [5.41, 5.74) is -2.49. The quantitative estimate of drug-likeness (QED) is 0.573. The summed E-state index contributed by atoms with van der Waals surface area (Å²) >= 11 is 0. The van der Waals surface area contributed by atoms with E-state index in [1.807, 2.05) is 24.3 Å². The van der Waals surface area contributed by atoms with Crippen molar-refractivity contribution in [3.05, 3.63) is 0 Å². The van der Waals surface area contributed by atoms with E-state index >= 15 is 0 Å². The van der Waals surface area contributed by atoms with E-state index in [1.165, 1.54) is 0 Å². The van der Waals surface area contributed by atoms with Gasteiger partial charge in [-0.25, -0.2) is 0 Å². The Balaban J connectivity index is 3.04. The highest BCUT2D eigenvalue weighted by Crippen LogP contribution is 2.35. The van der Waals surface area contributed by atoms with Gasteiger partial charge in [0.1, 0.15) is 0 Å². The van der Waals surface area contributed by atoms with Gasteiger partial charge in [-0.15, -0.1) is 0 Å². The minimum absolute atomic E-state index is 0.00694. The van der Waals surface area contributed by atoms with Crippen molar-refractivity contribution in [2.75, 3.05) is 13.1 Å². The number of nitrogens with one attached hydrogen (secondary N) is 1. The molecular weight excluding hydrogens is 178 g/mol. The molecule has 0 radical (unpaired) electrons. The number of hydrogen-bond donors (Lipinski definition) is 1. The van der Waals surface area contributed by atoms with E-state index in [-0.39, 0.29) is 19.5 Å². The van der Waals surface area contributed by atoms with E-state index < -0.39 is 10.8 Å². The van der Waals surface area contributed by atoms with Crippen LogP contribution in [0.3, 0.4) is 0 Å². The van der Waals surface area contributed by atoms with E-state index in [9.17, 15) is 0 Å². The van der Waals surface area contributed by atoms with Crippen molar-refractivity contribution in [3.63, 3.8) is 0 Å². The lowest BCUT2D eigenvalue weighted by Crippen LogP contribution is -2.48. The van der Waals surface area contributed by atoms with Crippen LogP contribution in [-0.2, 0) is 0 Å². The Labute approximate surface area is 81.8 Å². The number of nitrogens with zero attached hydrogens (tertiary/aromatic N) is 4. The number of piperidine rings is 1. The third-order valence-electron chi connectivity index (χ3n) is 2.31. The average molecular weight is 185 g/mol. The van der Waals surface area contributed by atoms with E-state index in [4.69, 9.17) is 21.0 Å². The van der Waals surface area contributed by atoms with Gasteiger partial charge in [-0.1, -0.05) is 0 Å². The summed E-state index contributed by atoms with van der Waals surface area (Å²) in [5, 5.41) is 38.1. The first-order valence-corrected chi connectivity index (χ1v) is 4.02. The van der Waals surface area contributed by atoms with Crippen LogP contribution in [0.25, 0.3) is 0 Å². The Hall–Kier alpha value is -2.08. The fourth-order valence-corrected chi connectivity index (χ4v) is 1.50. The Morgan fingerprint density at radius 1 is 0.786 bits per heavy atom. The Morgan fingerprint density at radius 3 is 1.43 bits per heavy atom. The van der Waals surface area contributed by atoms with Crippen LogP contribution >= 0.6 is 0 Å². The topological polar surface area (TPSA) is 107 Å². The smallest absolute Gasteiger partial charge is 0.158 e. The molecule has 1 aliphatic rings. The first kappa shape index (κ1) is 10.0. The van der Waals surface area contributed by atoms with Gasteiger partial charge in [0.2, 0.25) is 0 Å². The van der Waals surface area contributed by atoms with Gasteiger partial charge in [0, 0.05) is 19.5 Å². The molecule has 14 heavy (non-hydrogen) atoms. The van der Waals surface area contributed by atoms with Crippen molar-refractivity contribution in [2.24, 2.45) is 10.8 Å². The van der Waals surface area contributed by atoms with E-state index in [1.54, 1.807) is 0 Å². The molecule has 0 aliphatic carbocycles. The second-order valence-corrected chi connectivity index (χ2v) is 3.39. The highest BCUT2D eigenvalue weighted by Gasteiger charge is 2.46. The number of rotatable bonds is 0. The van der Waals surface area contributed by atoms with Crippen molar-refractivity contribution in [3.8, 4) is 24.3 Å². The molecular formula is C9H7N5. The van der Waals surface area contributed by atoms with Gasteiger partial charge < -0.3 is 5.32 Å². The maximum atomic E-state index is 8.83. The van der Waals surface area contributed by atoms with Crippen molar-refractivity contribution in [1.82, 2.24) is 5.32 Å². The summed E-state index contributed by atoms with van der Waals surface area (Å²) in [7, 11) is 0. The van der Waals surface area contributed by atoms with Gasteiger partial charge >= 0.3 is 0 Å². The molecule has 0 aromatic carbocycles. The SMILES string of the molecule is N#CC1(C#N)CNCC(C#N)(C#N)C1. The standard InChI is InChI=1S/C9H7N5/c10-2-8(3-11)1-9(4-12,5-13)7-14-6-8/h14H,1,6-7H2. The van der Waals surface area contributed by atoms with E-state index in [2.05, 4.69) is 5.32 Å². The van der Waals surface area contributed by atoms with Crippen molar-refractivity contribution in [1.29, 1.82) is 21.0 Å². The summed E-state index contributed by atoms with van der Waals surface area (Å²) in [4.78, 5) is 0. The van der Waals surface area contributed by atoms with Gasteiger partial charge in [-0.05, 0) is 0 Å². The second kappa shape index (κ2) is 3.35. The Morgan fingerprint density at radius 2 is 1.14 bits per heavy atom. The normalized spacial score (nSPS) is 22.0. The second-order valence-electron chi connectivity index (χ2n) is 3.39. The van der Waals surface area contributed by atoms with Crippen molar-refractivity contribution >= 4 is 0 Å². The predicted molar refractivity (Wildman–Crippen MR) is 44.8 cm³/mol. The molecule has 1 heterocycles. The van der Waals surface area contributed by atoms with Crippen LogP contribution < -0.4 is 5.32 Å². The third-order valence-corrected chi connectivity index (χ3v) is 2.31. The minimum Gasteiger partial charge on any atom is -0.311 e. The zero-order valence-electron chi connectivity index (χ0n) is 7.41. The molecule has 0 atom stereocenters. The highest BCUT2D eigenvalue weighted by molar-refractivity contribution is 5.27. The zero-order valence-corrected chi connectivity index (χ0v) is 7.41. The Kier molecular flexibility index (Phi) is 2.39. The number of hydrogen-bond acceptors (Lipinski definition) is 5. The maximum Gasteiger partial charge on any atom is 0.158 e. The van der Waals surface area contributed by atoms with E-state index in [0.717, 1.165) is 0 Å². The van der Waals surface area contributed by atoms with Crippen molar-refractivity contribution in [2.45, 2.75) is 6.42 Å². The lowest BCUT2D eigenvalue weighted by atomic mass is 9.71. The lowest BCUT2D eigenvalue weighted by molar-refractivity contribution is 0.262. The fraction of sp³-hybridized carbons (Fsp3) is 0.556. The lowest BCUT2D eigenvalue weighted by Gasteiger charge is -2.32. The molecule has 0 bridgehead atoms. The van der Waals surface area contributed by atoms with Gasteiger partial charge in [-0.2, -0.15) is 21.0 Å². The van der Waals surface area contributed by atoms with Crippen molar-refractivity contribution < 1.29 is 0 Å². The maximum absolute atomic E-state index is 8.83. The van der Waals surface area contributed by atoms with Crippen LogP contribution in [0.2, 0.25) is 0 Å². The predicted octanol–water partition coefficient (Wildman–Crippen LogP) is 0.0468. The average Bonchev–Trinajstić information content (AvgIpc) is 2.29. The van der Waals surface area contributed by atoms with Gasteiger partial charge in [0.25, 0.3) is 0 Å². The van der Waals surface area contributed by atoms with Crippen LogP contribution in [0.4, 0.5) is 0 Å². The molecule has 1 saturated heterocycles.